The highest BCUT2D eigenvalue weighted by atomic mass is 79.9. The lowest BCUT2D eigenvalue weighted by Gasteiger charge is -2.14. The molecule has 2 nitrogen and oxygen atoms in total. The van der Waals surface area contributed by atoms with Gasteiger partial charge in [0, 0.05) is 21.8 Å². The summed E-state index contributed by atoms with van der Waals surface area (Å²) in [5.41, 5.74) is 6.95. The van der Waals surface area contributed by atoms with Crippen LogP contribution in [0.25, 0.3) is 0 Å². The molecule has 0 spiro atoms. The first-order chi connectivity index (χ1) is 7.65. The second kappa shape index (κ2) is 7.20. The number of ether oxygens (including phenoxy) is 1. The van der Waals surface area contributed by atoms with Crippen molar-refractivity contribution in [1.82, 2.24) is 0 Å². The lowest BCUT2D eigenvalue weighted by atomic mass is 10.1. The minimum Gasteiger partial charge on any atom is -0.492 e. The van der Waals surface area contributed by atoms with Crippen LogP contribution in [0.2, 0.25) is 0 Å². The maximum absolute atomic E-state index is 5.89. The summed E-state index contributed by atoms with van der Waals surface area (Å²) in [6, 6.07) is 5.99. The minimum atomic E-state index is 0.00179. The van der Waals surface area contributed by atoms with Crippen molar-refractivity contribution in [2.45, 2.75) is 19.9 Å². The van der Waals surface area contributed by atoms with Crippen molar-refractivity contribution in [1.29, 1.82) is 0 Å². The zero-order valence-electron chi connectivity index (χ0n) is 9.70. The summed E-state index contributed by atoms with van der Waals surface area (Å²) in [4.78, 5) is 0. The monoisotopic (exact) mass is 303 g/mol. The highest BCUT2D eigenvalue weighted by molar-refractivity contribution is 9.10. The fraction of sp³-hybridized carbons (Fsp3) is 0.500. The molecule has 0 amide bonds. The van der Waals surface area contributed by atoms with E-state index < -0.39 is 0 Å². The van der Waals surface area contributed by atoms with Crippen molar-refractivity contribution in [2.24, 2.45) is 5.73 Å². The molecule has 1 rings (SSSR count). The summed E-state index contributed by atoms with van der Waals surface area (Å²) < 4.78 is 6.77. The van der Waals surface area contributed by atoms with Gasteiger partial charge in [0.05, 0.1) is 6.61 Å². The summed E-state index contributed by atoms with van der Waals surface area (Å²) in [7, 11) is 0. The molecule has 0 aliphatic heterocycles. The Balaban J connectivity index is 2.65. The molecular weight excluding hydrogens is 286 g/mol. The Bertz CT molecular complexity index is 331. The van der Waals surface area contributed by atoms with Gasteiger partial charge in [0.15, 0.2) is 0 Å². The number of hydrogen-bond acceptors (Lipinski definition) is 3. The molecule has 0 fully saturated rings. The summed E-state index contributed by atoms with van der Waals surface area (Å²) in [6.07, 6.45) is 0. The van der Waals surface area contributed by atoms with Crippen molar-refractivity contribution < 1.29 is 4.74 Å². The van der Waals surface area contributed by atoms with E-state index in [2.05, 4.69) is 22.9 Å². The SMILES string of the molecule is CCSCCOc1cc(Br)ccc1C(C)N. The van der Waals surface area contributed by atoms with E-state index in [9.17, 15) is 0 Å². The number of thioether (sulfide) groups is 1. The third kappa shape index (κ3) is 4.36. The number of halogens is 1. The largest absolute Gasteiger partial charge is 0.492 e. The van der Waals surface area contributed by atoms with Gasteiger partial charge in [-0.2, -0.15) is 11.8 Å². The Morgan fingerprint density at radius 3 is 2.88 bits per heavy atom. The van der Waals surface area contributed by atoms with E-state index in [1.165, 1.54) is 0 Å². The number of hydrogen-bond donors (Lipinski definition) is 1. The van der Waals surface area contributed by atoms with Crippen molar-refractivity contribution in [3.8, 4) is 5.75 Å². The molecule has 1 aromatic carbocycles. The van der Waals surface area contributed by atoms with Gasteiger partial charge in [-0.25, -0.2) is 0 Å². The normalized spacial score (nSPS) is 12.5. The van der Waals surface area contributed by atoms with Crippen LogP contribution in [0.3, 0.4) is 0 Å². The van der Waals surface area contributed by atoms with Gasteiger partial charge < -0.3 is 10.5 Å². The molecule has 1 aromatic rings. The predicted molar refractivity (Wildman–Crippen MR) is 75.2 cm³/mol. The van der Waals surface area contributed by atoms with Gasteiger partial charge in [0.1, 0.15) is 5.75 Å². The maximum Gasteiger partial charge on any atom is 0.125 e. The van der Waals surface area contributed by atoms with Gasteiger partial charge in [0.2, 0.25) is 0 Å². The van der Waals surface area contributed by atoms with E-state index in [0.717, 1.165) is 33.9 Å². The maximum atomic E-state index is 5.89. The third-order valence-corrected chi connectivity index (χ3v) is 3.51. The first kappa shape index (κ1) is 13.9. The molecular formula is C12H18BrNOS. The summed E-state index contributed by atoms with van der Waals surface area (Å²) in [5, 5.41) is 0. The quantitative estimate of drug-likeness (QED) is 0.816. The molecule has 0 aromatic heterocycles. The highest BCUT2D eigenvalue weighted by Crippen LogP contribution is 2.27. The topological polar surface area (TPSA) is 35.2 Å². The molecule has 1 atom stereocenters. The van der Waals surface area contributed by atoms with Gasteiger partial charge in [-0.05, 0) is 24.8 Å². The average Bonchev–Trinajstić information content (AvgIpc) is 2.24. The second-order valence-electron chi connectivity index (χ2n) is 3.52. The second-order valence-corrected chi connectivity index (χ2v) is 5.83. The van der Waals surface area contributed by atoms with E-state index >= 15 is 0 Å². The highest BCUT2D eigenvalue weighted by Gasteiger charge is 2.08. The van der Waals surface area contributed by atoms with E-state index in [-0.39, 0.29) is 6.04 Å². The zero-order chi connectivity index (χ0) is 12.0. The van der Waals surface area contributed by atoms with E-state index in [4.69, 9.17) is 10.5 Å². The fourth-order valence-corrected chi connectivity index (χ4v) is 2.19. The third-order valence-electron chi connectivity index (χ3n) is 2.16. The predicted octanol–water partition coefficient (Wildman–Crippen LogP) is 3.60. The van der Waals surface area contributed by atoms with Crippen LogP contribution >= 0.6 is 27.7 Å². The van der Waals surface area contributed by atoms with Crippen molar-refractivity contribution >= 4 is 27.7 Å². The van der Waals surface area contributed by atoms with Crippen LogP contribution in [0.1, 0.15) is 25.5 Å². The van der Waals surface area contributed by atoms with Gasteiger partial charge in [0.25, 0.3) is 0 Å². The van der Waals surface area contributed by atoms with Crippen LogP contribution < -0.4 is 10.5 Å². The van der Waals surface area contributed by atoms with Crippen LogP contribution in [0.4, 0.5) is 0 Å². The molecule has 0 heterocycles. The molecule has 16 heavy (non-hydrogen) atoms. The fourth-order valence-electron chi connectivity index (χ4n) is 1.36. The number of nitrogens with two attached hydrogens (primary N) is 1. The molecule has 90 valence electrons. The Kier molecular flexibility index (Phi) is 6.24. The van der Waals surface area contributed by atoms with E-state index in [1.807, 2.05) is 36.9 Å². The Morgan fingerprint density at radius 2 is 2.25 bits per heavy atom. The van der Waals surface area contributed by atoms with Gasteiger partial charge in [-0.3, -0.25) is 0 Å². The molecule has 4 heteroatoms. The number of rotatable bonds is 6. The minimum absolute atomic E-state index is 0.00179. The first-order valence-electron chi connectivity index (χ1n) is 5.40. The van der Waals surface area contributed by atoms with E-state index in [1.54, 1.807) is 0 Å². The van der Waals surface area contributed by atoms with Crippen LogP contribution in [0, 0.1) is 0 Å². The Morgan fingerprint density at radius 1 is 1.50 bits per heavy atom. The molecule has 0 bridgehead atoms. The Hall–Kier alpha value is -0.190. The Labute approximate surface area is 110 Å². The lowest BCUT2D eigenvalue weighted by Crippen LogP contribution is -2.09. The lowest BCUT2D eigenvalue weighted by molar-refractivity contribution is 0.338. The summed E-state index contributed by atoms with van der Waals surface area (Å²) >= 11 is 5.32. The smallest absolute Gasteiger partial charge is 0.125 e. The van der Waals surface area contributed by atoms with Crippen LogP contribution in [0.5, 0.6) is 5.75 Å². The molecule has 0 saturated carbocycles. The standard InChI is InChI=1S/C12H18BrNOS/c1-3-16-7-6-15-12-8-10(13)4-5-11(12)9(2)14/h4-5,8-9H,3,6-7,14H2,1-2H3. The van der Waals surface area contributed by atoms with Crippen molar-refractivity contribution in [3.05, 3.63) is 28.2 Å². The summed E-state index contributed by atoms with van der Waals surface area (Å²) in [5.74, 6) is 3.03. The molecule has 0 aliphatic carbocycles. The average molecular weight is 304 g/mol. The molecule has 0 radical (unpaired) electrons. The van der Waals surface area contributed by atoms with E-state index in [0.29, 0.717) is 0 Å². The zero-order valence-corrected chi connectivity index (χ0v) is 12.1. The van der Waals surface area contributed by atoms with Crippen LogP contribution in [-0.4, -0.2) is 18.1 Å². The van der Waals surface area contributed by atoms with Crippen LogP contribution in [-0.2, 0) is 0 Å². The van der Waals surface area contributed by atoms with Gasteiger partial charge in [-0.1, -0.05) is 28.9 Å². The molecule has 2 N–H and O–H groups in total. The molecule has 1 unspecified atom stereocenters. The summed E-state index contributed by atoms with van der Waals surface area (Å²) in [6.45, 7) is 4.85. The molecule has 0 saturated heterocycles. The van der Waals surface area contributed by atoms with Crippen LogP contribution in [0.15, 0.2) is 22.7 Å². The van der Waals surface area contributed by atoms with Crippen molar-refractivity contribution in [3.63, 3.8) is 0 Å². The molecule has 0 aliphatic rings. The van der Waals surface area contributed by atoms with Gasteiger partial charge >= 0.3 is 0 Å². The number of benzene rings is 1. The van der Waals surface area contributed by atoms with Crippen molar-refractivity contribution in [2.75, 3.05) is 18.1 Å². The first-order valence-corrected chi connectivity index (χ1v) is 7.35. The van der Waals surface area contributed by atoms with Gasteiger partial charge in [-0.15, -0.1) is 0 Å².